The Hall–Kier alpha value is -2.41. The number of benzene rings is 1. The number of carbonyl (C=O) groups is 1. The lowest BCUT2D eigenvalue weighted by molar-refractivity contribution is 0.0848. The Bertz CT molecular complexity index is 816. The number of aliphatic hydroxyl groups is 1. The van der Waals surface area contributed by atoms with Crippen molar-refractivity contribution in [2.24, 2.45) is 15.8 Å². The molecule has 2 fully saturated rings. The largest absolute Gasteiger partial charge is 0.387 e. The van der Waals surface area contributed by atoms with Crippen LogP contribution in [0.15, 0.2) is 29.3 Å². The van der Waals surface area contributed by atoms with Crippen LogP contribution < -0.4 is 15.5 Å². The van der Waals surface area contributed by atoms with Crippen LogP contribution in [0.5, 0.6) is 0 Å². The molecule has 0 spiro atoms. The summed E-state index contributed by atoms with van der Waals surface area (Å²) < 4.78 is 5.38. The topological polar surface area (TPSA) is 103 Å². The van der Waals surface area contributed by atoms with Gasteiger partial charge in [-0.3, -0.25) is 0 Å². The van der Waals surface area contributed by atoms with E-state index >= 15 is 0 Å². The third-order valence-electron chi connectivity index (χ3n) is 6.44. The van der Waals surface area contributed by atoms with Crippen molar-refractivity contribution in [3.63, 3.8) is 0 Å². The zero-order valence-electron chi connectivity index (χ0n) is 19.4. The molecular weight excluding hydrogens is 408 g/mol. The maximum atomic E-state index is 12.4. The van der Waals surface area contributed by atoms with Gasteiger partial charge in [-0.25, -0.2) is 14.6 Å². The fourth-order valence-corrected chi connectivity index (χ4v) is 5.27. The molecule has 2 amide bonds. The van der Waals surface area contributed by atoms with E-state index in [2.05, 4.69) is 41.3 Å². The molecule has 1 aliphatic carbocycles. The highest BCUT2D eigenvalue weighted by molar-refractivity contribution is 5.73. The summed E-state index contributed by atoms with van der Waals surface area (Å²) in [5, 5.41) is 16.2. The molecule has 8 heteroatoms. The Kier molecular flexibility index (Phi) is 7.93. The molecule has 2 aliphatic rings. The standard InChI is InChI=1S/C24H36N4O4/c1-23(2)12-19(27-17-29)13-24(3,15-23)16-26-22(31)25-14-21(30)18-4-6-20(7-5-18)28-8-10-32-11-9-28/h4-7,19,21,30H,8-16H2,1-3H3,(H2,25,26,31). The van der Waals surface area contributed by atoms with Crippen LogP contribution in [0.1, 0.15) is 51.7 Å². The Balaban J connectivity index is 1.46. The third-order valence-corrected chi connectivity index (χ3v) is 6.44. The summed E-state index contributed by atoms with van der Waals surface area (Å²) in [6.07, 6.45) is 3.43. The molecule has 3 unspecified atom stereocenters. The van der Waals surface area contributed by atoms with Crippen molar-refractivity contribution in [2.75, 3.05) is 44.3 Å². The first-order valence-electron chi connectivity index (χ1n) is 11.4. The minimum atomic E-state index is -0.782. The zero-order valence-corrected chi connectivity index (χ0v) is 19.4. The number of carbonyl (C=O) groups excluding carboxylic acids is 2. The number of anilines is 1. The van der Waals surface area contributed by atoms with E-state index in [9.17, 15) is 14.7 Å². The molecule has 0 aromatic heterocycles. The first kappa shape index (κ1) is 24.2. The SMILES string of the molecule is CC1(C)CC(N=C=O)CC(C)(CNC(=O)NCC(O)c2ccc(N3CCOCC3)cc2)C1. The summed E-state index contributed by atoms with van der Waals surface area (Å²) in [5.74, 6) is 0. The first-order chi connectivity index (χ1) is 15.2. The van der Waals surface area contributed by atoms with E-state index in [1.807, 2.05) is 24.3 Å². The first-order valence-corrected chi connectivity index (χ1v) is 11.4. The van der Waals surface area contributed by atoms with Crippen LogP contribution in [0.3, 0.4) is 0 Å². The molecule has 1 aromatic rings. The van der Waals surface area contributed by atoms with Crippen LogP contribution >= 0.6 is 0 Å². The average Bonchev–Trinajstić information content (AvgIpc) is 2.76. The van der Waals surface area contributed by atoms with Gasteiger partial charge in [-0.15, -0.1) is 0 Å². The van der Waals surface area contributed by atoms with Crippen molar-refractivity contribution < 1.29 is 19.4 Å². The van der Waals surface area contributed by atoms with Gasteiger partial charge in [0.15, 0.2) is 0 Å². The summed E-state index contributed by atoms with van der Waals surface area (Å²) in [7, 11) is 0. The Morgan fingerprint density at radius 3 is 2.56 bits per heavy atom. The molecule has 1 aliphatic heterocycles. The second kappa shape index (κ2) is 10.5. The van der Waals surface area contributed by atoms with Gasteiger partial charge in [0.2, 0.25) is 6.08 Å². The van der Waals surface area contributed by atoms with Gasteiger partial charge in [0, 0.05) is 31.9 Å². The van der Waals surface area contributed by atoms with Crippen molar-refractivity contribution in [2.45, 2.75) is 52.2 Å². The molecule has 32 heavy (non-hydrogen) atoms. The summed E-state index contributed by atoms with van der Waals surface area (Å²) in [5.41, 5.74) is 1.76. The van der Waals surface area contributed by atoms with Crippen molar-refractivity contribution in [1.82, 2.24) is 10.6 Å². The molecule has 1 aromatic carbocycles. The zero-order chi connectivity index (χ0) is 23.2. The summed E-state index contributed by atoms with van der Waals surface area (Å²) >= 11 is 0. The number of ether oxygens (including phenoxy) is 1. The van der Waals surface area contributed by atoms with Crippen LogP contribution in [0, 0.1) is 10.8 Å². The number of nitrogens with zero attached hydrogens (tertiary/aromatic N) is 2. The lowest BCUT2D eigenvalue weighted by Gasteiger charge is -2.45. The molecule has 1 saturated carbocycles. The second-order valence-corrected chi connectivity index (χ2v) is 10.2. The van der Waals surface area contributed by atoms with Crippen molar-refractivity contribution in [3.05, 3.63) is 29.8 Å². The number of hydrogen-bond donors (Lipinski definition) is 3. The predicted molar refractivity (Wildman–Crippen MR) is 123 cm³/mol. The van der Waals surface area contributed by atoms with Crippen LogP contribution in [-0.2, 0) is 9.53 Å². The minimum Gasteiger partial charge on any atom is -0.387 e. The van der Waals surface area contributed by atoms with E-state index in [0.29, 0.717) is 6.54 Å². The number of urea groups is 1. The van der Waals surface area contributed by atoms with Gasteiger partial charge >= 0.3 is 6.03 Å². The molecule has 3 N–H and O–H groups in total. The number of amides is 2. The molecule has 1 saturated heterocycles. The highest BCUT2D eigenvalue weighted by Gasteiger charge is 2.41. The van der Waals surface area contributed by atoms with Crippen LogP contribution in [-0.4, -0.2) is 62.7 Å². The number of aliphatic hydroxyl groups excluding tert-OH is 1. The molecule has 8 nitrogen and oxygen atoms in total. The number of aliphatic imine (C=N–C) groups is 1. The van der Waals surface area contributed by atoms with Gasteiger partial charge < -0.3 is 25.4 Å². The van der Waals surface area contributed by atoms with Gasteiger partial charge in [0.05, 0.1) is 25.4 Å². The fraction of sp³-hybridized carbons (Fsp3) is 0.667. The van der Waals surface area contributed by atoms with Crippen molar-refractivity contribution in [1.29, 1.82) is 0 Å². The molecule has 0 bridgehead atoms. The average molecular weight is 445 g/mol. The molecular formula is C24H36N4O4. The lowest BCUT2D eigenvalue weighted by atomic mass is 9.63. The van der Waals surface area contributed by atoms with Gasteiger partial charge in [-0.1, -0.05) is 32.9 Å². The Morgan fingerprint density at radius 1 is 1.22 bits per heavy atom. The Morgan fingerprint density at radius 2 is 1.91 bits per heavy atom. The van der Waals surface area contributed by atoms with Crippen molar-refractivity contribution >= 4 is 17.8 Å². The maximum Gasteiger partial charge on any atom is 0.314 e. The van der Waals surface area contributed by atoms with E-state index in [1.54, 1.807) is 6.08 Å². The number of nitrogens with one attached hydrogen (secondary N) is 2. The van der Waals surface area contributed by atoms with E-state index < -0.39 is 6.10 Å². The Labute approximate surface area is 190 Å². The molecule has 3 atom stereocenters. The molecule has 1 heterocycles. The molecule has 0 radical (unpaired) electrons. The predicted octanol–water partition coefficient (Wildman–Crippen LogP) is 2.78. The number of isocyanates is 1. The van der Waals surface area contributed by atoms with E-state index in [1.165, 1.54) is 0 Å². The third kappa shape index (κ3) is 6.79. The van der Waals surface area contributed by atoms with E-state index in [4.69, 9.17) is 4.74 Å². The van der Waals surface area contributed by atoms with Crippen LogP contribution in [0.4, 0.5) is 10.5 Å². The number of rotatable bonds is 7. The van der Waals surface area contributed by atoms with Crippen LogP contribution in [0.2, 0.25) is 0 Å². The van der Waals surface area contributed by atoms with Crippen LogP contribution in [0.25, 0.3) is 0 Å². The summed E-state index contributed by atoms with van der Waals surface area (Å²) in [6.45, 7) is 10.2. The second-order valence-electron chi connectivity index (χ2n) is 10.2. The normalized spacial score (nSPS) is 26.0. The highest BCUT2D eigenvalue weighted by atomic mass is 16.5. The summed E-state index contributed by atoms with van der Waals surface area (Å²) in [6, 6.07) is 7.41. The van der Waals surface area contributed by atoms with Gasteiger partial charge in [0.25, 0.3) is 0 Å². The fourth-order valence-electron chi connectivity index (χ4n) is 5.27. The molecule has 176 valence electrons. The molecule has 3 rings (SSSR count). The number of hydrogen-bond acceptors (Lipinski definition) is 6. The van der Waals surface area contributed by atoms with Gasteiger partial charge in [0.1, 0.15) is 0 Å². The minimum absolute atomic E-state index is 0.0414. The monoisotopic (exact) mass is 444 g/mol. The van der Waals surface area contributed by atoms with Crippen molar-refractivity contribution in [3.8, 4) is 0 Å². The maximum absolute atomic E-state index is 12.4. The van der Waals surface area contributed by atoms with Gasteiger partial charge in [-0.2, -0.15) is 0 Å². The number of morpholine rings is 1. The van der Waals surface area contributed by atoms with E-state index in [-0.39, 0.29) is 29.4 Å². The lowest BCUT2D eigenvalue weighted by Crippen LogP contribution is -2.47. The van der Waals surface area contributed by atoms with E-state index in [0.717, 1.165) is 56.8 Å². The van der Waals surface area contributed by atoms with Gasteiger partial charge in [-0.05, 0) is 47.8 Å². The smallest absolute Gasteiger partial charge is 0.314 e. The summed E-state index contributed by atoms with van der Waals surface area (Å²) in [4.78, 5) is 29.3. The quantitative estimate of drug-likeness (QED) is 0.443. The highest BCUT2D eigenvalue weighted by Crippen LogP contribution is 2.46.